The topological polar surface area (TPSA) is 108 Å². The lowest BCUT2D eigenvalue weighted by Gasteiger charge is -2.09. The van der Waals surface area contributed by atoms with Crippen molar-refractivity contribution in [1.29, 1.82) is 0 Å². The number of rotatable bonds is 7. The predicted octanol–water partition coefficient (Wildman–Crippen LogP) is -0.0176. The van der Waals surface area contributed by atoms with E-state index in [1.54, 1.807) is 7.11 Å². The molecule has 0 fully saturated rings. The largest absolute Gasteiger partial charge is 0.497 e. The number of methoxy groups -OCH3 is 1. The first-order chi connectivity index (χ1) is 9.52. The van der Waals surface area contributed by atoms with E-state index in [-0.39, 0.29) is 6.54 Å². The zero-order chi connectivity index (χ0) is 15.0. The van der Waals surface area contributed by atoms with Gasteiger partial charge in [0, 0.05) is 6.54 Å². The van der Waals surface area contributed by atoms with Crippen LogP contribution in [0.1, 0.15) is 5.56 Å². The van der Waals surface area contributed by atoms with Gasteiger partial charge in [-0.15, -0.1) is 0 Å². The van der Waals surface area contributed by atoms with Crippen molar-refractivity contribution in [3.63, 3.8) is 0 Å². The van der Waals surface area contributed by atoms with Crippen molar-refractivity contribution in [3.05, 3.63) is 29.8 Å². The number of carboxylic acids is 1. The summed E-state index contributed by atoms with van der Waals surface area (Å²) in [7, 11) is 1.59. The first kappa shape index (κ1) is 15.8. The molecule has 0 aromatic heterocycles. The molecule has 0 radical (unpaired) electrons. The number of urea groups is 1. The van der Waals surface area contributed by atoms with Crippen LogP contribution in [0.15, 0.2) is 24.3 Å². The molecule has 0 heterocycles. The van der Waals surface area contributed by atoms with E-state index < -0.39 is 18.1 Å². The summed E-state index contributed by atoms with van der Waals surface area (Å²) in [5, 5.41) is 22.2. The van der Waals surface area contributed by atoms with E-state index in [0.717, 1.165) is 11.3 Å². The minimum absolute atomic E-state index is 0.330. The highest BCUT2D eigenvalue weighted by Gasteiger charge is 2.13. The van der Waals surface area contributed by atoms with Gasteiger partial charge in [-0.3, -0.25) is 0 Å². The van der Waals surface area contributed by atoms with Crippen LogP contribution in [0.2, 0.25) is 0 Å². The van der Waals surface area contributed by atoms with Crippen molar-refractivity contribution < 1.29 is 24.5 Å². The summed E-state index contributed by atoms with van der Waals surface area (Å²) in [5.74, 6) is -0.606. The predicted molar refractivity (Wildman–Crippen MR) is 71.7 cm³/mol. The highest BCUT2D eigenvalue weighted by molar-refractivity contribution is 5.76. The van der Waals surface area contributed by atoms with Crippen molar-refractivity contribution in [1.82, 2.24) is 10.6 Å². The van der Waals surface area contributed by atoms with Gasteiger partial charge in [0.1, 0.15) is 5.75 Å². The van der Waals surface area contributed by atoms with Crippen molar-refractivity contribution in [2.24, 2.45) is 0 Å². The molecule has 0 spiro atoms. The molecule has 0 aliphatic carbocycles. The molecule has 0 aliphatic heterocycles. The van der Waals surface area contributed by atoms with E-state index in [0.29, 0.717) is 13.0 Å². The molecule has 0 saturated carbocycles. The second-order valence-corrected chi connectivity index (χ2v) is 4.09. The Labute approximate surface area is 116 Å². The molecule has 7 heteroatoms. The number of aliphatic hydroxyl groups is 1. The minimum atomic E-state index is -1.60. The van der Waals surface area contributed by atoms with E-state index in [4.69, 9.17) is 14.9 Å². The van der Waals surface area contributed by atoms with Gasteiger partial charge in [0.2, 0.25) is 0 Å². The Balaban J connectivity index is 2.22. The number of carbonyl (C=O) groups excluding carboxylic acids is 1. The Bertz CT molecular complexity index is 447. The molecule has 0 aliphatic rings. The summed E-state index contributed by atoms with van der Waals surface area (Å²) < 4.78 is 5.03. The molecule has 0 saturated heterocycles. The lowest BCUT2D eigenvalue weighted by molar-refractivity contribution is -0.146. The summed E-state index contributed by atoms with van der Waals surface area (Å²) in [4.78, 5) is 21.6. The van der Waals surface area contributed by atoms with Crippen LogP contribution in [0.4, 0.5) is 4.79 Å². The van der Waals surface area contributed by atoms with Gasteiger partial charge in [-0.2, -0.15) is 0 Å². The van der Waals surface area contributed by atoms with Crippen LogP contribution < -0.4 is 15.4 Å². The SMILES string of the molecule is COc1ccc(CCNC(=O)NCC(O)C(=O)O)cc1. The summed E-state index contributed by atoms with van der Waals surface area (Å²) in [6.07, 6.45) is -0.957. The number of carbonyl (C=O) groups is 2. The molecule has 1 rings (SSSR count). The highest BCUT2D eigenvalue weighted by Crippen LogP contribution is 2.11. The van der Waals surface area contributed by atoms with Gasteiger partial charge in [0.05, 0.1) is 13.7 Å². The number of hydrogen-bond acceptors (Lipinski definition) is 4. The van der Waals surface area contributed by atoms with Crippen LogP contribution in [-0.2, 0) is 11.2 Å². The van der Waals surface area contributed by atoms with E-state index in [1.165, 1.54) is 0 Å². The molecule has 110 valence electrons. The summed E-state index contributed by atoms with van der Waals surface area (Å²) in [6, 6.07) is 6.94. The van der Waals surface area contributed by atoms with Crippen LogP contribution in [0.5, 0.6) is 5.75 Å². The van der Waals surface area contributed by atoms with Crippen molar-refractivity contribution in [2.75, 3.05) is 20.2 Å². The normalized spacial score (nSPS) is 11.5. The van der Waals surface area contributed by atoms with Gasteiger partial charge in [-0.1, -0.05) is 12.1 Å². The lowest BCUT2D eigenvalue weighted by atomic mass is 10.1. The number of ether oxygens (including phenoxy) is 1. The molecule has 2 amide bonds. The highest BCUT2D eigenvalue weighted by atomic mass is 16.5. The standard InChI is InChI=1S/C13H18N2O5/c1-20-10-4-2-9(3-5-10)6-7-14-13(19)15-8-11(16)12(17)18/h2-5,11,16H,6-8H2,1H3,(H,17,18)(H2,14,15,19). The Morgan fingerprint density at radius 2 is 1.90 bits per heavy atom. The van der Waals surface area contributed by atoms with Gasteiger partial charge >= 0.3 is 12.0 Å². The Morgan fingerprint density at radius 1 is 1.25 bits per heavy atom. The average molecular weight is 282 g/mol. The van der Waals surface area contributed by atoms with E-state index in [9.17, 15) is 9.59 Å². The summed E-state index contributed by atoms with van der Waals surface area (Å²) >= 11 is 0. The fourth-order valence-corrected chi connectivity index (χ4v) is 1.45. The van der Waals surface area contributed by atoms with E-state index in [2.05, 4.69) is 10.6 Å². The number of amides is 2. The summed E-state index contributed by atoms with van der Waals surface area (Å²) in [5.41, 5.74) is 1.04. The van der Waals surface area contributed by atoms with Gasteiger partial charge in [-0.25, -0.2) is 9.59 Å². The molecular weight excluding hydrogens is 264 g/mol. The zero-order valence-electron chi connectivity index (χ0n) is 11.1. The van der Waals surface area contributed by atoms with Crippen molar-refractivity contribution >= 4 is 12.0 Å². The number of nitrogens with one attached hydrogen (secondary N) is 2. The second kappa shape index (κ2) is 8.00. The van der Waals surface area contributed by atoms with Crippen LogP contribution in [0, 0.1) is 0 Å². The molecule has 7 nitrogen and oxygen atoms in total. The third-order valence-electron chi connectivity index (χ3n) is 2.60. The van der Waals surface area contributed by atoms with Gasteiger partial charge in [0.15, 0.2) is 6.10 Å². The first-order valence-corrected chi connectivity index (χ1v) is 6.08. The van der Waals surface area contributed by atoms with E-state index >= 15 is 0 Å². The average Bonchev–Trinajstić information content (AvgIpc) is 2.45. The molecule has 0 bridgehead atoms. The molecule has 1 aromatic rings. The molecule has 20 heavy (non-hydrogen) atoms. The van der Waals surface area contributed by atoms with Crippen LogP contribution in [0.3, 0.4) is 0 Å². The van der Waals surface area contributed by atoms with Crippen LogP contribution in [-0.4, -0.2) is 48.5 Å². The number of aliphatic carboxylic acids is 1. The molecule has 4 N–H and O–H groups in total. The van der Waals surface area contributed by atoms with E-state index in [1.807, 2.05) is 24.3 Å². The Morgan fingerprint density at radius 3 is 2.45 bits per heavy atom. The Kier molecular flexibility index (Phi) is 6.31. The monoisotopic (exact) mass is 282 g/mol. The molecule has 1 atom stereocenters. The maximum atomic E-state index is 11.3. The minimum Gasteiger partial charge on any atom is -0.497 e. The maximum absolute atomic E-state index is 11.3. The first-order valence-electron chi connectivity index (χ1n) is 6.08. The zero-order valence-corrected chi connectivity index (χ0v) is 11.1. The van der Waals surface area contributed by atoms with Crippen molar-refractivity contribution in [2.45, 2.75) is 12.5 Å². The number of carboxylic acid groups (broad SMARTS) is 1. The quantitative estimate of drug-likeness (QED) is 0.562. The van der Waals surface area contributed by atoms with Gasteiger partial charge < -0.3 is 25.6 Å². The van der Waals surface area contributed by atoms with Crippen molar-refractivity contribution in [3.8, 4) is 5.75 Å². The summed E-state index contributed by atoms with van der Waals surface area (Å²) in [6.45, 7) is 0.0744. The van der Waals surface area contributed by atoms with Gasteiger partial charge in [-0.05, 0) is 24.1 Å². The number of hydrogen-bond donors (Lipinski definition) is 4. The molecule has 1 unspecified atom stereocenters. The fourth-order valence-electron chi connectivity index (χ4n) is 1.45. The third-order valence-corrected chi connectivity index (χ3v) is 2.60. The van der Waals surface area contributed by atoms with Crippen LogP contribution >= 0.6 is 0 Å². The lowest BCUT2D eigenvalue weighted by Crippen LogP contribution is -2.42. The smallest absolute Gasteiger partial charge is 0.334 e. The second-order valence-electron chi connectivity index (χ2n) is 4.09. The third kappa shape index (κ3) is 5.57. The maximum Gasteiger partial charge on any atom is 0.334 e. The Hall–Kier alpha value is -2.28. The van der Waals surface area contributed by atoms with Crippen LogP contribution in [0.25, 0.3) is 0 Å². The molecule has 1 aromatic carbocycles. The van der Waals surface area contributed by atoms with Gasteiger partial charge in [0.25, 0.3) is 0 Å². The fraction of sp³-hybridized carbons (Fsp3) is 0.385. The number of aliphatic hydroxyl groups excluding tert-OH is 1. The molecular formula is C13H18N2O5. The number of benzene rings is 1.